The van der Waals surface area contributed by atoms with Crippen LogP contribution in [0.15, 0.2) is 12.2 Å². The summed E-state index contributed by atoms with van der Waals surface area (Å²) in [5, 5.41) is 20.8. The van der Waals surface area contributed by atoms with Gasteiger partial charge in [0.1, 0.15) is 0 Å². The Labute approximate surface area is 112 Å². The van der Waals surface area contributed by atoms with Crippen molar-refractivity contribution < 1.29 is 10.2 Å². The van der Waals surface area contributed by atoms with Crippen LogP contribution in [0, 0.1) is 0 Å². The van der Waals surface area contributed by atoms with Gasteiger partial charge in [0.05, 0.1) is 13.2 Å². The normalized spacial score (nSPS) is 13.3. The summed E-state index contributed by atoms with van der Waals surface area (Å²) in [5.41, 5.74) is 0. The van der Waals surface area contributed by atoms with Crippen molar-refractivity contribution in [2.45, 2.75) is 64.3 Å². The Balaban J connectivity index is 3.34. The van der Waals surface area contributed by atoms with Crippen molar-refractivity contribution >= 4 is 0 Å². The molecule has 0 aromatic carbocycles. The third kappa shape index (κ3) is 12.1. The van der Waals surface area contributed by atoms with Crippen LogP contribution < -0.4 is 5.32 Å². The van der Waals surface area contributed by atoms with Gasteiger partial charge in [-0.2, -0.15) is 0 Å². The van der Waals surface area contributed by atoms with Gasteiger partial charge in [0.25, 0.3) is 0 Å². The van der Waals surface area contributed by atoms with Gasteiger partial charge in [-0.05, 0) is 12.8 Å². The van der Waals surface area contributed by atoms with Gasteiger partial charge in [-0.25, -0.2) is 0 Å². The fourth-order valence-corrected chi connectivity index (χ4v) is 1.92. The Hall–Kier alpha value is -0.380. The summed E-state index contributed by atoms with van der Waals surface area (Å²) in [7, 11) is 0. The highest BCUT2D eigenvalue weighted by Gasteiger charge is 1.99. The molecule has 3 N–H and O–H groups in total. The summed E-state index contributed by atoms with van der Waals surface area (Å²) >= 11 is 0. The van der Waals surface area contributed by atoms with Crippen LogP contribution in [0.4, 0.5) is 0 Å². The number of unbranched alkanes of at least 4 members (excludes halogenated alkanes) is 7. The molecule has 3 nitrogen and oxygen atoms in total. The Kier molecular flexibility index (Phi) is 14.4. The molecule has 0 amide bonds. The molecule has 0 spiro atoms. The number of nitrogens with one attached hydrogen (secondary N) is 1. The Morgan fingerprint density at radius 3 is 2.28 bits per heavy atom. The van der Waals surface area contributed by atoms with Gasteiger partial charge in [-0.15, -0.1) is 0 Å². The van der Waals surface area contributed by atoms with Crippen LogP contribution in [-0.2, 0) is 0 Å². The highest BCUT2D eigenvalue weighted by Crippen LogP contribution is 2.08. The SMILES string of the molecule is CCCCCCCCC/C=C/C(CO)NCCO. The third-order valence-electron chi connectivity index (χ3n) is 3.06. The van der Waals surface area contributed by atoms with Crippen molar-refractivity contribution in [1.29, 1.82) is 0 Å². The monoisotopic (exact) mass is 257 g/mol. The lowest BCUT2D eigenvalue weighted by atomic mass is 10.1. The second-order valence-electron chi connectivity index (χ2n) is 4.80. The number of allylic oxidation sites excluding steroid dienone is 1. The van der Waals surface area contributed by atoms with Gasteiger partial charge in [0.15, 0.2) is 0 Å². The molecule has 0 aromatic rings. The topological polar surface area (TPSA) is 52.5 Å². The van der Waals surface area contributed by atoms with Gasteiger partial charge in [0, 0.05) is 12.6 Å². The van der Waals surface area contributed by atoms with E-state index in [1.165, 1.54) is 44.9 Å². The molecule has 108 valence electrons. The van der Waals surface area contributed by atoms with E-state index in [0.29, 0.717) is 6.54 Å². The number of hydrogen-bond donors (Lipinski definition) is 3. The van der Waals surface area contributed by atoms with E-state index in [1.807, 2.05) is 6.08 Å². The van der Waals surface area contributed by atoms with Crippen LogP contribution in [-0.4, -0.2) is 36.0 Å². The quantitative estimate of drug-likeness (QED) is 0.351. The zero-order valence-electron chi connectivity index (χ0n) is 11.9. The van der Waals surface area contributed by atoms with Gasteiger partial charge >= 0.3 is 0 Å². The molecule has 0 heterocycles. The molecular weight excluding hydrogens is 226 g/mol. The van der Waals surface area contributed by atoms with E-state index in [9.17, 15) is 0 Å². The Morgan fingerprint density at radius 1 is 1.00 bits per heavy atom. The molecule has 0 bridgehead atoms. The highest BCUT2D eigenvalue weighted by atomic mass is 16.3. The van der Waals surface area contributed by atoms with Crippen molar-refractivity contribution in [2.24, 2.45) is 0 Å². The maximum absolute atomic E-state index is 9.08. The minimum atomic E-state index is -0.0123. The predicted molar refractivity (Wildman–Crippen MR) is 77.7 cm³/mol. The standard InChI is InChI=1S/C15H31NO2/c1-2-3-4-5-6-7-8-9-10-11-15(14-18)16-12-13-17/h10-11,15-18H,2-9,12-14H2,1H3/b11-10+. The minimum Gasteiger partial charge on any atom is -0.395 e. The third-order valence-corrected chi connectivity index (χ3v) is 3.06. The first-order valence-corrected chi connectivity index (χ1v) is 7.46. The van der Waals surface area contributed by atoms with Gasteiger partial charge in [-0.3, -0.25) is 0 Å². The first kappa shape index (κ1) is 17.6. The highest BCUT2D eigenvalue weighted by molar-refractivity contribution is 4.92. The van der Waals surface area contributed by atoms with E-state index < -0.39 is 0 Å². The smallest absolute Gasteiger partial charge is 0.0620 e. The van der Waals surface area contributed by atoms with Crippen molar-refractivity contribution in [3.05, 3.63) is 12.2 Å². The fraction of sp³-hybridized carbons (Fsp3) is 0.867. The van der Waals surface area contributed by atoms with Crippen molar-refractivity contribution in [3.8, 4) is 0 Å². The van der Waals surface area contributed by atoms with Crippen molar-refractivity contribution in [2.75, 3.05) is 19.8 Å². The van der Waals surface area contributed by atoms with Crippen LogP contribution in [0.5, 0.6) is 0 Å². The average Bonchev–Trinajstić information content (AvgIpc) is 2.40. The summed E-state index contributed by atoms with van der Waals surface area (Å²) in [4.78, 5) is 0. The van der Waals surface area contributed by atoms with E-state index in [0.717, 1.165) is 6.42 Å². The van der Waals surface area contributed by atoms with Crippen LogP contribution in [0.25, 0.3) is 0 Å². The molecule has 3 heteroatoms. The number of hydrogen-bond acceptors (Lipinski definition) is 3. The lowest BCUT2D eigenvalue weighted by Crippen LogP contribution is -2.32. The summed E-state index contributed by atoms with van der Waals surface area (Å²) in [5.74, 6) is 0. The second-order valence-corrected chi connectivity index (χ2v) is 4.80. The fourth-order valence-electron chi connectivity index (χ4n) is 1.92. The van der Waals surface area contributed by atoms with Crippen LogP contribution in [0.3, 0.4) is 0 Å². The van der Waals surface area contributed by atoms with E-state index in [2.05, 4.69) is 18.3 Å². The molecule has 1 atom stereocenters. The molecule has 1 unspecified atom stereocenters. The molecule has 0 aliphatic rings. The molecule has 0 aliphatic carbocycles. The van der Waals surface area contributed by atoms with Crippen molar-refractivity contribution in [1.82, 2.24) is 5.32 Å². The first-order chi connectivity index (χ1) is 8.85. The summed E-state index contributed by atoms with van der Waals surface area (Å²) in [6.45, 7) is 2.98. The summed E-state index contributed by atoms with van der Waals surface area (Å²) in [6.07, 6.45) is 14.6. The molecule has 18 heavy (non-hydrogen) atoms. The molecule has 0 radical (unpaired) electrons. The summed E-state index contributed by atoms with van der Waals surface area (Å²) < 4.78 is 0. The van der Waals surface area contributed by atoms with E-state index in [1.54, 1.807) is 0 Å². The lowest BCUT2D eigenvalue weighted by Gasteiger charge is -2.10. The van der Waals surface area contributed by atoms with Crippen LogP contribution >= 0.6 is 0 Å². The Bertz CT molecular complexity index is 183. The second kappa shape index (κ2) is 14.7. The van der Waals surface area contributed by atoms with Crippen molar-refractivity contribution in [3.63, 3.8) is 0 Å². The molecule has 0 aliphatic heterocycles. The minimum absolute atomic E-state index is 0.0123. The molecular formula is C15H31NO2. The largest absolute Gasteiger partial charge is 0.395 e. The van der Waals surface area contributed by atoms with Gasteiger partial charge in [-0.1, -0.05) is 57.6 Å². The molecule has 0 saturated carbocycles. The zero-order valence-corrected chi connectivity index (χ0v) is 11.9. The molecule has 0 aromatic heterocycles. The van der Waals surface area contributed by atoms with Gasteiger partial charge in [0.2, 0.25) is 0 Å². The predicted octanol–water partition coefficient (Wildman–Crippen LogP) is 2.63. The molecule has 0 rings (SSSR count). The molecule has 0 fully saturated rings. The van der Waals surface area contributed by atoms with E-state index in [-0.39, 0.29) is 19.3 Å². The lowest BCUT2D eigenvalue weighted by molar-refractivity contribution is 0.244. The number of aliphatic hydroxyl groups is 2. The number of rotatable bonds is 13. The Morgan fingerprint density at radius 2 is 1.67 bits per heavy atom. The first-order valence-electron chi connectivity index (χ1n) is 7.46. The van der Waals surface area contributed by atoms with E-state index in [4.69, 9.17) is 10.2 Å². The zero-order chi connectivity index (χ0) is 13.5. The van der Waals surface area contributed by atoms with Gasteiger partial charge < -0.3 is 15.5 Å². The molecule has 0 saturated heterocycles. The summed E-state index contributed by atoms with van der Waals surface area (Å²) in [6, 6.07) is -0.0123. The number of aliphatic hydroxyl groups excluding tert-OH is 2. The van der Waals surface area contributed by atoms with E-state index >= 15 is 0 Å². The van der Waals surface area contributed by atoms with Crippen LogP contribution in [0.2, 0.25) is 0 Å². The average molecular weight is 257 g/mol. The maximum Gasteiger partial charge on any atom is 0.0620 e. The maximum atomic E-state index is 9.08. The van der Waals surface area contributed by atoms with Crippen LogP contribution in [0.1, 0.15) is 58.3 Å².